The van der Waals surface area contributed by atoms with Gasteiger partial charge in [0.15, 0.2) is 11.5 Å². The summed E-state index contributed by atoms with van der Waals surface area (Å²) in [6.07, 6.45) is 5.47. The first-order valence-electron chi connectivity index (χ1n) is 8.42. The van der Waals surface area contributed by atoms with Crippen molar-refractivity contribution in [2.45, 2.75) is 51.2 Å². The third kappa shape index (κ3) is 5.13. The SMILES string of the molecule is CNCCC(=O)NC(C)c1ccc(OC2CCCC2)c(OC)c1. The van der Waals surface area contributed by atoms with Gasteiger partial charge in [-0.2, -0.15) is 0 Å². The van der Waals surface area contributed by atoms with Crippen LogP contribution >= 0.6 is 0 Å². The fraction of sp³-hybridized carbons (Fsp3) is 0.611. The quantitative estimate of drug-likeness (QED) is 0.773. The predicted molar refractivity (Wildman–Crippen MR) is 91.0 cm³/mol. The molecule has 5 heteroatoms. The van der Waals surface area contributed by atoms with E-state index in [9.17, 15) is 4.79 Å². The van der Waals surface area contributed by atoms with Crippen molar-refractivity contribution in [3.8, 4) is 11.5 Å². The van der Waals surface area contributed by atoms with Gasteiger partial charge < -0.3 is 20.1 Å². The summed E-state index contributed by atoms with van der Waals surface area (Å²) in [5.74, 6) is 1.56. The largest absolute Gasteiger partial charge is 0.493 e. The number of benzene rings is 1. The lowest BCUT2D eigenvalue weighted by Gasteiger charge is -2.19. The Balaban J connectivity index is 2.00. The Labute approximate surface area is 138 Å². The van der Waals surface area contributed by atoms with E-state index in [0.717, 1.165) is 29.9 Å². The summed E-state index contributed by atoms with van der Waals surface area (Å²) in [6, 6.07) is 5.83. The molecule has 1 fully saturated rings. The molecule has 1 aromatic carbocycles. The van der Waals surface area contributed by atoms with Crippen LogP contribution in [0, 0.1) is 0 Å². The van der Waals surface area contributed by atoms with Gasteiger partial charge in [-0.3, -0.25) is 4.79 Å². The van der Waals surface area contributed by atoms with Crippen molar-refractivity contribution in [3.05, 3.63) is 23.8 Å². The van der Waals surface area contributed by atoms with Crippen molar-refractivity contribution >= 4 is 5.91 Å². The molecule has 0 radical (unpaired) electrons. The second kappa shape index (κ2) is 8.77. The van der Waals surface area contributed by atoms with Crippen molar-refractivity contribution in [3.63, 3.8) is 0 Å². The summed E-state index contributed by atoms with van der Waals surface area (Å²) < 4.78 is 11.5. The molecule has 2 N–H and O–H groups in total. The molecule has 128 valence electrons. The highest BCUT2D eigenvalue weighted by Crippen LogP contribution is 2.33. The lowest BCUT2D eigenvalue weighted by molar-refractivity contribution is -0.121. The van der Waals surface area contributed by atoms with E-state index in [0.29, 0.717) is 19.1 Å². The maximum atomic E-state index is 11.8. The molecule has 0 spiro atoms. The second-order valence-corrected chi connectivity index (χ2v) is 6.08. The highest BCUT2D eigenvalue weighted by molar-refractivity contribution is 5.76. The number of amides is 1. The maximum absolute atomic E-state index is 11.8. The number of hydrogen-bond donors (Lipinski definition) is 2. The van der Waals surface area contributed by atoms with Crippen molar-refractivity contribution in [2.24, 2.45) is 0 Å². The van der Waals surface area contributed by atoms with E-state index < -0.39 is 0 Å². The Kier molecular flexibility index (Phi) is 6.71. The zero-order valence-corrected chi connectivity index (χ0v) is 14.4. The maximum Gasteiger partial charge on any atom is 0.221 e. The zero-order chi connectivity index (χ0) is 16.7. The summed E-state index contributed by atoms with van der Waals surface area (Å²) >= 11 is 0. The van der Waals surface area contributed by atoms with Crippen LogP contribution in [0.3, 0.4) is 0 Å². The van der Waals surface area contributed by atoms with Gasteiger partial charge >= 0.3 is 0 Å². The number of carbonyl (C=O) groups is 1. The first-order valence-corrected chi connectivity index (χ1v) is 8.42. The van der Waals surface area contributed by atoms with Crippen molar-refractivity contribution < 1.29 is 14.3 Å². The van der Waals surface area contributed by atoms with Crippen LogP contribution in [0.15, 0.2) is 18.2 Å². The Hall–Kier alpha value is -1.75. The summed E-state index contributed by atoms with van der Waals surface area (Å²) in [6.45, 7) is 2.65. The molecule has 1 aliphatic carbocycles. The van der Waals surface area contributed by atoms with E-state index in [4.69, 9.17) is 9.47 Å². The lowest BCUT2D eigenvalue weighted by Crippen LogP contribution is -2.29. The van der Waals surface area contributed by atoms with Crippen LogP contribution < -0.4 is 20.1 Å². The van der Waals surface area contributed by atoms with Gasteiger partial charge in [-0.1, -0.05) is 6.07 Å². The van der Waals surface area contributed by atoms with Crippen molar-refractivity contribution in [1.29, 1.82) is 0 Å². The number of hydrogen-bond acceptors (Lipinski definition) is 4. The third-order valence-corrected chi connectivity index (χ3v) is 4.26. The van der Waals surface area contributed by atoms with Crippen LogP contribution in [-0.2, 0) is 4.79 Å². The Morgan fingerprint density at radius 3 is 2.70 bits per heavy atom. The van der Waals surface area contributed by atoms with E-state index in [-0.39, 0.29) is 11.9 Å². The monoisotopic (exact) mass is 320 g/mol. The molecule has 1 atom stereocenters. The molecule has 5 nitrogen and oxygen atoms in total. The first kappa shape index (κ1) is 17.6. The van der Waals surface area contributed by atoms with Gasteiger partial charge in [-0.15, -0.1) is 0 Å². The molecule has 0 aromatic heterocycles. The molecule has 0 saturated heterocycles. The fourth-order valence-electron chi connectivity index (χ4n) is 2.87. The summed E-state index contributed by atoms with van der Waals surface area (Å²) in [5.41, 5.74) is 1.01. The molecule has 2 rings (SSSR count). The molecule has 1 saturated carbocycles. The standard InChI is InChI=1S/C18H28N2O3/c1-13(20-18(21)10-11-19-2)14-8-9-16(17(12-14)22-3)23-15-6-4-5-7-15/h8-9,12-13,15,19H,4-7,10-11H2,1-3H3,(H,20,21). The third-order valence-electron chi connectivity index (χ3n) is 4.26. The highest BCUT2D eigenvalue weighted by Gasteiger charge is 2.19. The molecule has 0 aliphatic heterocycles. The van der Waals surface area contributed by atoms with E-state index in [2.05, 4.69) is 10.6 Å². The minimum absolute atomic E-state index is 0.0390. The summed E-state index contributed by atoms with van der Waals surface area (Å²) in [5, 5.41) is 5.97. The summed E-state index contributed by atoms with van der Waals surface area (Å²) in [4.78, 5) is 11.8. The van der Waals surface area contributed by atoms with Crippen LogP contribution in [0.4, 0.5) is 0 Å². The summed E-state index contributed by atoms with van der Waals surface area (Å²) in [7, 11) is 3.49. The van der Waals surface area contributed by atoms with E-state index in [1.807, 2.05) is 32.2 Å². The number of methoxy groups -OCH3 is 1. The van der Waals surface area contributed by atoms with Crippen LogP contribution in [-0.4, -0.2) is 32.7 Å². The smallest absolute Gasteiger partial charge is 0.221 e. The van der Waals surface area contributed by atoms with Gasteiger partial charge in [0, 0.05) is 13.0 Å². The van der Waals surface area contributed by atoms with Gasteiger partial charge in [0.2, 0.25) is 5.91 Å². The van der Waals surface area contributed by atoms with Gasteiger partial charge in [0.25, 0.3) is 0 Å². The molecule has 0 bridgehead atoms. The average molecular weight is 320 g/mol. The Bertz CT molecular complexity index is 513. The number of ether oxygens (including phenoxy) is 2. The fourth-order valence-corrected chi connectivity index (χ4v) is 2.87. The number of carbonyl (C=O) groups excluding carboxylic acids is 1. The van der Waals surface area contributed by atoms with Gasteiger partial charge in [0.05, 0.1) is 19.3 Å². The minimum Gasteiger partial charge on any atom is -0.493 e. The average Bonchev–Trinajstić information content (AvgIpc) is 3.06. The van der Waals surface area contributed by atoms with E-state index in [1.54, 1.807) is 7.11 Å². The van der Waals surface area contributed by atoms with E-state index >= 15 is 0 Å². The number of rotatable bonds is 8. The van der Waals surface area contributed by atoms with Crippen LogP contribution in [0.5, 0.6) is 11.5 Å². The van der Waals surface area contributed by atoms with Gasteiger partial charge in [0.1, 0.15) is 0 Å². The Morgan fingerprint density at radius 1 is 1.30 bits per heavy atom. The number of nitrogens with one attached hydrogen (secondary N) is 2. The molecule has 1 aliphatic rings. The van der Waals surface area contributed by atoms with Crippen molar-refractivity contribution in [1.82, 2.24) is 10.6 Å². The molecular formula is C18H28N2O3. The van der Waals surface area contributed by atoms with Gasteiger partial charge in [-0.05, 0) is 57.4 Å². The zero-order valence-electron chi connectivity index (χ0n) is 14.4. The predicted octanol–water partition coefficient (Wildman–Crippen LogP) is 2.80. The topological polar surface area (TPSA) is 59.6 Å². The Morgan fingerprint density at radius 2 is 2.04 bits per heavy atom. The van der Waals surface area contributed by atoms with Gasteiger partial charge in [-0.25, -0.2) is 0 Å². The lowest BCUT2D eigenvalue weighted by atomic mass is 10.1. The molecule has 1 amide bonds. The molecule has 23 heavy (non-hydrogen) atoms. The molecule has 1 unspecified atom stereocenters. The molecular weight excluding hydrogens is 292 g/mol. The van der Waals surface area contributed by atoms with Crippen LogP contribution in [0.2, 0.25) is 0 Å². The van der Waals surface area contributed by atoms with Crippen LogP contribution in [0.1, 0.15) is 50.6 Å². The first-order chi connectivity index (χ1) is 11.1. The highest BCUT2D eigenvalue weighted by atomic mass is 16.5. The second-order valence-electron chi connectivity index (χ2n) is 6.08. The normalized spacial score (nSPS) is 16.1. The van der Waals surface area contributed by atoms with Crippen LogP contribution in [0.25, 0.3) is 0 Å². The minimum atomic E-state index is -0.0613. The molecule has 0 heterocycles. The van der Waals surface area contributed by atoms with Crippen molar-refractivity contribution in [2.75, 3.05) is 20.7 Å². The van der Waals surface area contributed by atoms with E-state index in [1.165, 1.54) is 12.8 Å². The molecule has 1 aromatic rings.